The summed E-state index contributed by atoms with van der Waals surface area (Å²) in [5.41, 5.74) is 1.27. The maximum Gasteiger partial charge on any atom is 0.334 e. The molecule has 6 aliphatic heterocycles. The van der Waals surface area contributed by atoms with Gasteiger partial charge in [0.15, 0.2) is 0 Å². The Morgan fingerprint density at radius 2 is 1.52 bits per heavy atom. The van der Waals surface area contributed by atoms with Crippen molar-refractivity contribution in [1.29, 1.82) is 0 Å². The molecule has 90 heavy (non-hydrogen) atoms. The van der Waals surface area contributed by atoms with E-state index >= 15 is 4.79 Å². The third kappa shape index (κ3) is 12.4. The SMILES string of the molecule is C[C@]1(O)CNc2cc([C@@H]3C#C[C@@H]4CC(=O)Oc5c4cc(c(O)c5C4CCCCC4)C[C@H]4OC(=O)/C(=C\[C@H](O)Cc5cccc(c5)C[C@H]5C(=O)CC[C@@H]6[C@H]5C[C@@H]5CCCC[C@H]5[C@]64O)C3)cc(c2)[C@H](O)[C@]23C#C[C@H]4CC[C@H](OC[C@@H]1O)[C@@H](CSSC[C@H](CCC2)C3)C4. The molecule has 13 nitrogen and oxygen atoms in total. The number of ketones is 1. The second-order valence-corrected chi connectivity index (χ2v) is 32.2. The molecule has 3 aromatic carbocycles. The quantitative estimate of drug-likeness (QED) is 0.0550. The lowest BCUT2D eigenvalue weighted by Gasteiger charge is -2.59. The molecule has 12 aliphatic rings. The molecule has 0 aromatic heterocycles. The Balaban J connectivity index is 0.968. The van der Waals surface area contributed by atoms with Gasteiger partial charge >= 0.3 is 11.9 Å². The Labute approximate surface area is 538 Å². The van der Waals surface area contributed by atoms with Gasteiger partial charge in [0.25, 0.3) is 0 Å². The highest BCUT2D eigenvalue weighted by Gasteiger charge is 2.62. The number of benzene rings is 3. The zero-order valence-electron chi connectivity index (χ0n) is 52.2. The van der Waals surface area contributed by atoms with Crippen LogP contribution in [0.3, 0.4) is 0 Å². The largest absolute Gasteiger partial charge is 0.507 e. The highest BCUT2D eigenvalue weighted by Crippen LogP contribution is 2.60. The van der Waals surface area contributed by atoms with E-state index in [0.29, 0.717) is 77.3 Å². The van der Waals surface area contributed by atoms with Crippen LogP contribution in [0.2, 0.25) is 0 Å². The first-order valence-electron chi connectivity index (χ1n) is 34.4. The number of Topliss-reactive ketones (excluding diaryl/α,β-unsaturated/α-hetero) is 1. The molecule has 0 unspecified atom stereocenters. The molecule has 6 heterocycles. The fraction of sp³-hybridized carbons (Fsp3) is 0.640. The molecular weight excluding hydrogens is 1170 g/mol. The van der Waals surface area contributed by atoms with E-state index in [9.17, 15) is 40.2 Å². The number of aromatic hydroxyl groups is 1. The van der Waals surface area contributed by atoms with Crippen molar-refractivity contribution < 1.29 is 59.2 Å². The highest BCUT2D eigenvalue weighted by molar-refractivity contribution is 8.76. The monoisotopic (exact) mass is 1260 g/mol. The molecule has 6 fully saturated rings. The molecule has 3 aromatic rings. The second kappa shape index (κ2) is 25.8. The predicted molar refractivity (Wildman–Crippen MR) is 347 cm³/mol. The Hall–Kier alpha value is -4.81. The minimum Gasteiger partial charge on any atom is -0.507 e. The van der Waals surface area contributed by atoms with Crippen LogP contribution in [0.1, 0.15) is 205 Å². The molecule has 6 aliphatic carbocycles. The Morgan fingerprint density at radius 3 is 2.38 bits per heavy atom. The number of hydrogen-bond donors (Lipinski definition) is 7. The van der Waals surface area contributed by atoms with Gasteiger partial charge in [0, 0.05) is 77.5 Å². The van der Waals surface area contributed by atoms with Gasteiger partial charge in [-0.05, 0) is 184 Å². The fourth-order valence-electron chi connectivity index (χ4n) is 19.0. The zero-order chi connectivity index (χ0) is 62.1. The van der Waals surface area contributed by atoms with Gasteiger partial charge in [-0.3, -0.25) is 9.59 Å². The molecule has 0 radical (unpaired) electrons. The van der Waals surface area contributed by atoms with E-state index in [1.807, 2.05) is 58.0 Å². The normalized spacial score (nSPS) is 39.5. The smallest absolute Gasteiger partial charge is 0.334 e. The number of aliphatic hydroxyl groups excluding tert-OH is 3. The van der Waals surface area contributed by atoms with Crippen molar-refractivity contribution in [2.45, 2.75) is 220 Å². The topological polar surface area (TPSA) is 212 Å². The number of ether oxygens (including phenoxy) is 3. The summed E-state index contributed by atoms with van der Waals surface area (Å²) in [6.45, 7) is 1.46. The highest BCUT2D eigenvalue weighted by atomic mass is 33.1. The number of anilines is 1. The summed E-state index contributed by atoms with van der Waals surface area (Å²) in [6, 6.07) is 15.7. The van der Waals surface area contributed by atoms with Gasteiger partial charge in [0.1, 0.15) is 40.7 Å². The predicted octanol–water partition coefficient (Wildman–Crippen LogP) is 11.7. The number of phenols is 1. The van der Waals surface area contributed by atoms with E-state index < -0.39 is 70.7 Å². The Kier molecular flexibility index (Phi) is 18.0. The number of aliphatic hydroxyl groups is 5. The van der Waals surface area contributed by atoms with Gasteiger partial charge in [-0.2, -0.15) is 0 Å². The van der Waals surface area contributed by atoms with Crippen molar-refractivity contribution in [3.05, 3.63) is 99.1 Å². The van der Waals surface area contributed by atoms with Crippen LogP contribution in [0.15, 0.2) is 60.2 Å². The maximum atomic E-state index is 16.2. The fourth-order valence-corrected chi connectivity index (χ4v) is 21.9. The first-order valence-corrected chi connectivity index (χ1v) is 36.9. The van der Waals surface area contributed by atoms with E-state index in [-0.39, 0.29) is 110 Å². The Morgan fingerprint density at radius 1 is 0.733 bits per heavy atom. The summed E-state index contributed by atoms with van der Waals surface area (Å²) >= 11 is 0. The van der Waals surface area contributed by atoms with Crippen molar-refractivity contribution in [1.82, 2.24) is 0 Å². The van der Waals surface area contributed by atoms with E-state index in [1.54, 1.807) is 13.0 Å². The minimum absolute atomic E-state index is 0.0218. The molecule has 0 saturated heterocycles. The van der Waals surface area contributed by atoms with Crippen LogP contribution in [0.25, 0.3) is 0 Å². The van der Waals surface area contributed by atoms with E-state index in [1.165, 1.54) is 0 Å². The zero-order valence-corrected chi connectivity index (χ0v) is 53.8. The van der Waals surface area contributed by atoms with Crippen LogP contribution in [-0.4, -0.2) is 109 Å². The number of carbonyl (C=O) groups is 3. The van der Waals surface area contributed by atoms with Crippen LogP contribution in [-0.2, 0) is 43.1 Å². The van der Waals surface area contributed by atoms with Gasteiger partial charge in [-0.15, -0.1) is 0 Å². The summed E-state index contributed by atoms with van der Waals surface area (Å²) in [6.07, 6.45) is 12.4. The summed E-state index contributed by atoms with van der Waals surface area (Å²) in [4.78, 5) is 44.9. The molecule has 480 valence electrons. The number of esters is 2. The number of hydrogen-bond acceptors (Lipinski definition) is 15. The molecule has 15 heteroatoms. The average molecular weight is 1260 g/mol. The molecule has 0 amide bonds. The van der Waals surface area contributed by atoms with E-state index in [0.717, 1.165) is 113 Å². The van der Waals surface area contributed by atoms with Gasteiger partial charge < -0.3 is 50.2 Å². The Bertz CT molecular complexity index is 3410. The van der Waals surface area contributed by atoms with Crippen LogP contribution in [0, 0.1) is 76.4 Å². The van der Waals surface area contributed by atoms with E-state index in [4.69, 9.17) is 14.2 Å². The van der Waals surface area contributed by atoms with Crippen LogP contribution < -0.4 is 10.1 Å². The molecule has 17 bridgehead atoms. The van der Waals surface area contributed by atoms with Gasteiger partial charge in [-0.25, -0.2) is 4.79 Å². The molecule has 6 saturated carbocycles. The summed E-state index contributed by atoms with van der Waals surface area (Å²) in [5, 5.41) is 80.9. The molecular formula is C75H91NO12S2. The minimum atomic E-state index is -1.67. The van der Waals surface area contributed by atoms with Crippen molar-refractivity contribution >= 4 is 45.0 Å². The van der Waals surface area contributed by atoms with Crippen LogP contribution in [0.4, 0.5) is 5.69 Å². The number of fused-ring (bicyclic) bond motifs is 16. The van der Waals surface area contributed by atoms with Crippen molar-refractivity contribution in [3.8, 4) is 35.2 Å². The molecule has 18 atom stereocenters. The summed E-state index contributed by atoms with van der Waals surface area (Å²) in [5.74, 6) is 13.6. The maximum absolute atomic E-state index is 16.2. The number of nitrogens with one attached hydrogen (secondary N) is 1. The van der Waals surface area contributed by atoms with Gasteiger partial charge in [0.05, 0.1) is 42.7 Å². The van der Waals surface area contributed by atoms with Gasteiger partial charge in [-0.1, -0.05) is 121 Å². The lowest BCUT2D eigenvalue weighted by Crippen LogP contribution is -2.65. The average Bonchev–Trinajstić information content (AvgIpc) is 0.819. The molecule has 7 N–H and O–H groups in total. The third-order valence-corrected chi connectivity index (χ3v) is 26.5. The van der Waals surface area contributed by atoms with Crippen LogP contribution in [0.5, 0.6) is 11.5 Å². The lowest BCUT2D eigenvalue weighted by atomic mass is 9.48. The molecule has 1 spiro atoms. The first kappa shape index (κ1) is 62.6. The van der Waals surface area contributed by atoms with Gasteiger partial charge in [0.2, 0.25) is 0 Å². The second-order valence-electron chi connectivity index (χ2n) is 29.7. The van der Waals surface area contributed by atoms with Crippen molar-refractivity contribution in [2.75, 3.05) is 30.0 Å². The van der Waals surface area contributed by atoms with Crippen molar-refractivity contribution in [2.24, 2.45) is 52.8 Å². The summed E-state index contributed by atoms with van der Waals surface area (Å²) in [7, 11) is 3.76. The van der Waals surface area contributed by atoms with Crippen LogP contribution >= 0.6 is 21.6 Å². The number of carbonyl (C=O) groups excluding carboxylic acids is 3. The first-order chi connectivity index (χ1) is 43.5. The number of rotatable bonds is 2. The standard InChI is InChI=1S/C75H91NO12S2/c1-73(84)42-76-56-31-51(30-53(32-56)71(82)74-23-8-11-46(38-74)40-89-90-41-55-26-43(22-24-74)16-21-64(55)86-39-65(73)79)48-17-18-49-37-67(80)88-70-58(49)35-52(69(81)68(70)47-12-3-2-4-13-47)36-66-75(85)61-15-6-5-14-50(61)34-59-60(63(78)20-19-62(59)75)28-45-10-7-9-44(25-45)27-57(77)33-54(29-48)72(83)87-66/h7,9-10,25,30-33,35,43,46-50,55,57,59-62,64-66,71,76-77,79,81-82,84-85H,2-6,8,11-16,19-21,23,26-29,34,36-42H2,1H3/b54-33-/t43-,46-,48-,49-,50+,55-,57-,59+,60-,61-,62-,64+,65+,66-,71+,73+,74+,75+/m1/s1. The van der Waals surface area contributed by atoms with Crippen molar-refractivity contribution in [3.63, 3.8) is 0 Å². The lowest BCUT2D eigenvalue weighted by molar-refractivity contribution is -0.228. The number of phenolic OH excluding ortho intramolecular Hbond substituents is 1. The third-order valence-electron chi connectivity index (χ3n) is 23.8. The molecule has 15 rings (SSSR count). The summed E-state index contributed by atoms with van der Waals surface area (Å²) < 4.78 is 20.0. The van der Waals surface area contributed by atoms with E-state index in [2.05, 4.69) is 41.1 Å².